The second kappa shape index (κ2) is 5.62. The Labute approximate surface area is 135 Å². The lowest BCUT2D eigenvalue weighted by Gasteiger charge is -2.11. The number of thiophene rings is 1. The number of rotatable bonds is 3. The molecule has 0 unspecified atom stereocenters. The zero-order chi connectivity index (χ0) is 15.6. The Morgan fingerprint density at radius 1 is 1.04 bits per heavy atom. The smallest absolute Gasteiger partial charge is 0.311 e. The second-order valence-corrected chi connectivity index (χ2v) is 5.80. The van der Waals surface area contributed by atoms with E-state index >= 15 is 0 Å². The number of hydrogen-bond acceptors (Lipinski definition) is 4. The number of nitrogens with one attached hydrogen (secondary N) is 3. The van der Waals surface area contributed by atoms with Gasteiger partial charge in [0.25, 0.3) is 0 Å². The maximum Gasteiger partial charge on any atom is 0.337 e. The number of benzene rings is 1. The molecular weight excluding hydrogens is 310 g/mol. The SMILES string of the molecule is O=C(NNc1nc2sccc2n2cccc12)Nc1ccccc1. The molecule has 4 aromatic rings. The van der Waals surface area contributed by atoms with Crippen LogP contribution in [0.1, 0.15) is 0 Å². The number of para-hydroxylation sites is 1. The molecule has 0 spiro atoms. The summed E-state index contributed by atoms with van der Waals surface area (Å²) in [7, 11) is 0. The van der Waals surface area contributed by atoms with E-state index in [0.29, 0.717) is 5.82 Å². The number of carbonyl (C=O) groups excluding carboxylic acids is 1. The van der Waals surface area contributed by atoms with Crippen LogP contribution in [-0.4, -0.2) is 15.4 Å². The van der Waals surface area contributed by atoms with Crippen LogP contribution in [-0.2, 0) is 0 Å². The highest BCUT2D eigenvalue weighted by Gasteiger charge is 2.09. The molecular formula is C16H13N5OS. The van der Waals surface area contributed by atoms with Gasteiger partial charge in [-0.25, -0.2) is 15.2 Å². The highest BCUT2D eigenvalue weighted by molar-refractivity contribution is 7.16. The molecule has 3 heterocycles. The summed E-state index contributed by atoms with van der Waals surface area (Å²) in [6.45, 7) is 0. The van der Waals surface area contributed by atoms with Crippen molar-refractivity contribution in [1.29, 1.82) is 0 Å². The third-order valence-electron chi connectivity index (χ3n) is 3.42. The molecule has 0 atom stereocenters. The summed E-state index contributed by atoms with van der Waals surface area (Å²) < 4.78 is 2.04. The number of urea groups is 1. The number of anilines is 2. The van der Waals surface area contributed by atoms with Crippen LogP contribution < -0.4 is 16.2 Å². The van der Waals surface area contributed by atoms with Crippen molar-refractivity contribution in [3.8, 4) is 0 Å². The highest BCUT2D eigenvalue weighted by Crippen LogP contribution is 2.25. The van der Waals surface area contributed by atoms with Gasteiger partial charge < -0.3 is 9.72 Å². The summed E-state index contributed by atoms with van der Waals surface area (Å²) in [5.41, 5.74) is 8.18. The van der Waals surface area contributed by atoms with E-state index in [2.05, 4.69) is 21.2 Å². The monoisotopic (exact) mass is 323 g/mol. The average Bonchev–Trinajstić information content (AvgIpc) is 3.21. The van der Waals surface area contributed by atoms with Crippen LogP contribution >= 0.6 is 11.3 Å². The van der Waals surface area contributed by atoms with Crippen molar-refractivity contribution in [2.45, 2.75) is 0 Å². The van der Waals surface area contributed by atoms with E-state index < -0.39 is 0 Å². The van der Waals surface area contributed by atoms with Crippen molar-refractivity contribution in [3.05, 3.63) is 60.1 Å². The van der Waals surface area contributed by atoms with Crippen LogP contribution in [0.2, 0.25) is 0 Å². The molecule has 3 N–H and O–H groups in total. The molecule has 6 nitrogen and oxygen atoms in total. The standard InChI is InChI=1S/C16H13N5OS/c22-16(17-11-5-2-1-3-6-11)20-19-14-12-7-4-9-21(12)13-8-10-23-15(13)18-14/h1-10H,(H,18,19)(H2,17,20,22). The summed E-state index contributed by atoms with van der Waals surface area (Å²) in [5.74, 6) is 0.605. The largest absolute Gasteiger partial charge is 0.337 e. The Morgan fingerprint density at radius 3 is 2.78 bits per heavy atom. The van der Waals surface area contributed by atoms with E-state index in [1.165, 1.54) is 0 Å². The van der Waals surface area contributed by atoms with Crippen LogP contribution in [0.4, 0.5) is 16.3 Å². The first-order chi connectivity index (χ1) is 11.3. The number of carbonyl (C=O) groups is 1. The first kappa shape index (κ1) is 13.6. The zero-order valence-corrected chi connectivity index (χ0v) is 12.8. The maximum absolute atomic E-state index is 12.0. The number of fused-ring (bicyclic) bond motifs is 3. The van der Waals surface area contributed by atoms with Crippen molar-refractivity contribution in [2.75, 3.05) is 10.7 Å². The molecule has 0 saturated heterocycles. The molecule has 2 amide bonds. The van der Waals surface area contributed by atoms with Gasteiger partial charge in [-0.2, -0.15) is 0 Å². The molecule has 7 heteroatoms. The fourth-order valence-electron chi connectivity index (χ4n) is 2.40. The maximum atomic E-state index is 12.0. The summed E-state index contributed by atoms with van der Waals surface area (Å²) in [6.07, 6.45) is 1.97. The number of amides is 2. The topological polar surface area (TPSA) is 70.5 Å². The van der Waals surface area contributed by atoms with Gasteiger partial charge in [0.05, 0.1) is 11.0 Å². The van der Waals surface area contributed by atoms with Gasteiger partial charge in [-0.05, 0) is 35.7 Å². The Kier molecular flexibility index (Phi) is 3.32. The van der Waals surface area contributed by atoms with Crippen LogP contribution in [0, 0.1) is 0 Å². The van der Waals surface area contributed by atoms with Crippen LogP contribution in [0.25, 0.3) is 15.9 Å². The molecule has 0 aliphatic heterocycles. The highest BCUT2D eigenvalue weighted by atomic mass is 32.1. The van der Waals surface area contributed by atoms with E-state index in [1.807, 2.05) is 64.5 Å². The Balaban J connectivity index is 1.55. The van der Waals surface area contributed by atoms with Gasteiger partial charge in [0, 0.05) is 11.9 Å². The fraction of sp³-hybridized carbons (Fsp3) is 0. The van der Waals surface area contributed by atoms with Crippen molar-refractivity contribution >= 4 is 44.7 Å². The second-order valence-electron chi connectivity index (χ2n) is 4.90. The Hall–Kier alpha value is -3.06. The lowest BCUT2D eigenvalue weighted by Crippen LogP contribution is -2.34. The average molecular weight is 323 g/mol. The number of hydrogen-bond donors (Lipinski definition) is 3. The molecule has 23 heavy (non-hydrogen) atoms. The molecule has 1 aromatic carbocycles. The van der Waals surface area contributed by atoms with E-state index in [9.17, 15) is 4.79 Å². The van der Waals surface area contributed by atoms with Gasteiger partial charge in [-0.15, -0.1) is 11.3 Å². The van der Waals surface area contributed by atoms with Crippen molar-refractivity contribution in [2.24, 2.45) is 0 Å². The van der Waals surface area contributed by atoms with E-state index in [4.69, 9.17) is 0 Å². The molecule has 0 aliphatic rings. The minimum Gasteiger partial charge on any atom is -0.311 e. The van der Waals surface area contributed by atoms with Gasteiger partial charge in [0.1, 0.15) is 4.83 Å². The van der Waals surface area contributed by atoms with Gasteiger partial charge >= 0.3 is 6.03 Å². The predicted molar refractivity (Wildman–Crippen MR) is 92.8 cm³/mol. The van der Waals surface area contributed by atoms with Gasteiger partial charge in [-0.3, -0.25) is 5.43 Å². The zero-order valence-electron chi connectivity index (χ0n) is 12.0. The van der Waals surface area contributed by atoms with E-state index in [0.717, 1.165) is 21.6 Å². The third-order valence-corrected chi connectivity index (χ3v) is 4.21. The third kappa shape index (κ3) is 2.58. The number of nitrogens with zero attached hydrogens (tertiary/aromatic N) is 2. The molecule has 114 valence electrons. The first-order valence-corrected chi connectivity index (χ1v) is 7.91. The summed E-state index contributed by atoms with van der Waals surface area (Å²) >= 11 is 1.56. The fourth-order valence-corrected chi connectivity index (χ4v) is 3.15. The Morgan fingerprint density at radius 2 is 1.91 bits per heavy atom. The van der Waals surface area contributed by atoms with Crippen molar-refractivity contribution in [3.63, 3.8) is 0 Å². The summed E-state index contributed by atoms with van der Waals surface area (Å²) in [5, 5.41) is 4.74. The minimum atomic E-state index is -0.353. The molecule has 3 aromatic heterocycles. The molecule has 0 radical (unpaired) electrons. The van der Waals surface area contributed by atoms with Crippen LogP contribution in [0.15, 0.2) is 60.1 Å². The molecule has 4 rings (SSSR count). The summed E-state index contributed by atoms with van der Waals surface area (Å²) in [4.78, 5) is 17.4. The quantitative estimate of drug-likeness (QED) is 0.504. The van der Waals surface area contributed by atoms with Crippen molar-refractivity contribution in [1.82, 2.24) is 14.8 Å². The molecule has 0 aliphatic carbocycles. The predicted octanol–water partition coefficient (Wildman–Crippen LogP) is 3.70. The summed E-state index contributed by atoms with van der Waals surface area (Å²) in [6, 6.07) is 14.8. The molecule has 0 saturated carbocycles. The lowest BCUT2D eigenvalue weighted by molar-refractivity contribution is 0.254. The first-order valence-electron chi connectivity index (χ1n) is 7.03. The van der Waals surface area contributed by atoms with Gasteiger partial charge in [0.15, 0.2) is 5.82 Å². The number of aromatic nitrogens is 2. The van der Waals surface area contributed by atoms with Crippen LogP contribution in [0.3, 0.4) is 0 Å². The van der Waals surface area contributed by atoms with Crippen LogP contribution in [0.5, 0.6) is 0 Å². The molecule has 0 fully saturated rings. The van der Waals surface area contributed by atoms with E-state index in [1.54, 1.807) is 11.3 Å². The van der Waals surface area contributed by atoms with E-state index in [-0.39, 0.29) is 6.03 Å². The van der Waals surface area contributed by atoms with Crippen molar-refractivity contribution < 1.29 is 4.79 Å². The Bertz CT molecular complexity index is 976. The minimum absolute atomic E-state index is 0.353. The normalized spacial score (nSPS) is 10.8. The van der Waals surface area contributed by atoms with Gasteiger partial charge in [0.2, 0.25) is 0 Å². The number of hydrazine groups is 1. The lowest BCUT2D eigenvalue weighted by atomic mass is 10.3. The molecule has 0 bridgehead atoms. The van der Waals surface area contributed by atoms with Gasteiger partial charge in [-0.1, -0.05) is 18.2 Å².